The number of rotatable bonds is 1. The van der Waals surface area contributed by atoms with E-state index in [4.69, 9.17) is 17.3 Å². The first-order chi connectivity index (χ1) is 7.20. The van der Waals surface area contributed by atoms with Crippen LogP contribution in [-0.2, 0) is 0 Å². The van der Waals surface area contributed by atoms with E-state index >= 15 is 0 Å². The normalized spacial score (nSPS) is 20.9. The third-order valence-corrected chi connectivity index (χ3v) is 2.49. The summed E-state index contributed by atoms with van der Waals surface area (Å²) in [5.74, 6) is 0. The van der Waals surface area contributed by atoms with Gasteiger partial charge in [0.25, 0.3) is 0 Å². The molecule has 5 heteroatoms. The fourth-order valence-corrected chi connectivity index (χ4v) is 1.44. The zero-order valence-corrected chi connectivity index (χ0v) is 8.59. The van der Waals surface area contributed by atoms with Gasteiger partial charge in [0, 0.05) is 0 Å². The summed E-state index contributed by atoms with van der Waals surface area (Å²) in [6.07, 6.45) is 0.404. The predicted octanol–water partition coefficient (Wildman–Crippen LogP) is 1.22. The van der Waals surface area contributed by atoms with Crippen LogP contribution in [0.5, 0.6) is 0 Å². The molecular weight excluding hydrogens is 214 g/mol. The molecule has 1 aliphatic heterocycles. The molecule has 0 saturated heterocycles. The first-order valence-electron chi connectivity index (χ1n) is 4.41. The Hall–Kier alpha value is -1.52. The first-order valence-corrected chi connectivity index (χ1v) is 4.79. The molecule has 78 valence electrons. The van der Waals surface area contributed by atoms with Gasteiger partial charge in [-0.2, -0.15) is 5.10 Å². The predicted molar refractivity (Wildman–Crippen MR) is 60.5 cm³/mol. The van der Waals surface area contributed by atoms with Crippen LogP contribution in [0.15, 0.2) is 46.2 Å². The molecule has 0 amide bonds. The van der Waals surface area contributed by atoms with Crippen molar-refractivity contribution in [2.75, 3.05) is 5.01 Å². The number of hydrogen-bond donors (Lipinski definition) is 2. The van der Waals surface area contributed by atoms with E-state index in [0.717, 1.165) is 5.69 Å². The van der Waals surface area contributed by atoms with Crippen LogP contribution in [0, 0.1) is 0 Å². The van der Waals surface area contributed by atoms with Crippen LogP contribution in [0.25, 0.3) is 0 Å². The number of para-hydroxylation sites is 1. The minimum absolute atomic E-state index is 0.189. The molecule has 15 heavy (non-hydrogen) atoms. The van der Waals surface area contributed by atoms with Crippen LogP contribution in [0.4, 0.5) is 5.69 Å². The highest BCUT2D eigenvalue weighted by Gasteiger charge is 2.23. The van der Waals surface area contributed by atoms with Crippen LogP contribution in [0.1, 0.15) is 0 Å². The number of nitrogens with zero attached hydrogens (tertiary/aromatic N) is 2. The minimum Gasteiger partial charge on any atom is -0.396 e. The van der Waals surface area contributed by atoms with Crippen LogP contribution < -0.4 is 10.7 Å². The molecule has 4 nitrogen and oxygen atoms in total. The second kappa shape index (κ2) is 3.92. The fourth-order valence-electron chi connectivity index (χ4n) is 1.29. The Morgan fingerprint density at radius 2 is 2.00 bits per heavy atom. The van der Waals surface area contributed by atoms with E-state index in [-0.39, 0.29) is 10.7 Å². The lowest BCUT2D eigenvalue weighted by atomic mass is 10.3. The van der Waals surface area contributed by atoms with Gasteiger partial charge in [0.05, 0.1) is 22.6 Å². The number of halogens is 1. The molecule has 1 aromatic rings. The number of hydrazone groups is 1. The number of allylic oxidation sites excluding steroid dienone is 1. The molecule has 0 bridgehead atoms. The van der Waals surface area contributed by atoms with Crippen molar-refractivity contribution in [1.29, 1.82) is 0 Å². The Morgan fingerprint density at radius 1 is 1.33 bits per heavy atom. The molecule has 1 aromatic carbocycles. The Bertz CT molecular complexity index is 416. The number of anilines is 1. The summed E-state index contributed by atoms with van der Waals surface area (Å²) in [7, 11) is 0. The molecule has 1 atom stereocenters. The van der Waals surface area contributed by atoms with E-state index in [1.807, 2.05) is 30.3 Å². The van der Waals surface area contributed by atoms with Crippen LogP contribution in [0.3, 0.4) is 0 Å². The zero-order chi connectivity index (χ0) is 10.8. The zero-order valence-electron chi connectivity index (χ0n) is 7.84. The average Bonchev–Trinajstić information content (AvgIpc) is 2.27. The highest BCUT2D eigenvalue weighted by Crippen LogP contribution is 2.24. The minimum atomic E-state index is -1.01. The van der Waals surface area contributed by atoms with Gasteiger partial charge in [-0.1, -0.05) is 29.8 Å². The number of hydrogen-bond acceptors (Lipinski definition) is 4. The average molecular weight is 224 g/mol. The summed E-state index contributed by atoms with van der Waals surface area (Å²) in [4.78, 5) is 0. The van der Waals surface area contributed by atoms with Crippen LogP contribution in [-0.4, -0.2) is 17.5 Å². The van der Waals surface area contributed by atoms with Crippen molar-refractivity contribution in [3.05, 3.63) is 41.1 Å². The fraction of sp³-hybridized carbons (Fsp3) is 0.100. The van der Waals surface area contributed by atoms with Gasteiger partial charge in [-0.25, -0.2) is 5.01 Å². The largest absolute Gasteiger partial charge is 0.396 e. The SMILES string of the molecule is NC1=C(Cl)C(O)N(c2ccccc2)N=C1. The summed E-state index contributed by atoms with van der Waals surface area (Å²) >= 11 is 5.83. The molecular formula is C10H10ClN3O. The lowest BCUT2D eigenvalue weighted by Crippen LogP contribution is -2.35. The second-order valence-corrected chi connectivity index (χ2v) is 3.51. The summed E-state index contributed by atoms with van der Waals surface area (Å²) in [6.45, 7) is 0. The summed E-state index contributed by atoms with van der Waals surface area (Å²) in [5.41, 5.74) is 6.57. The maximum absolute atomic E-state index is 9.80. The summed E-state index contributed by atoms with van der Waals surface area (Å²) in [6, 6.07) is 9.24. The molecule has 3 N–H and O–H groups in total. The number of aliphatic hydroxyl groups is 1. The van der Waals surface area contributed by atoms with Crippen molar-refractivity contribution >= 4 is 23.5 Å². The van der Waals surface area contributed by atoms with E-state index in [0.29, 0.717) is 0 Å². The van der Waals surface area contributed by atoms with Gasteiger partial charge in [0.15, 0.2) is 6.23 Å². The van der Waals surface area contributed by atoms with E-state index in [1.54, 1.807) is 0 Å². The van der Waals surface area contributed by atoms with E-state index in [2.05, 4.69) is 5.10 Å². The van der Waals surface area contributed by atoms with Crippen molar-refractivity contribution in [3.8, 4) is 0 Å². The maximum atomic E-state index is 9.80. The lowest BCUT2D eigenvalue weighted by Gasteiger charge is -2.27. The maximum Gasteiger partial charge on any atom is 0.186 e. The molecule has 1 unspecified atom stereocenters. The molecule has 0 aliphatic carbocycles. The van der Waals surface area contributed by atoms with Gasteiger partial charge >= 0.3 is 0 Å². The van der Waals surface area contributed by atoms with Gasteiger partial charge in [-0.05, 0) is 12.1 Å². The molecule has 0 fully saturated rings. The molecule has 0 saturated carbocycles. The number of benzene rings is 1. The topological polar surface area (TPSA) is 61.9 Å². The monoisotopic (exact) mass is 223 g/mol. The Labute approximate surface area is 92.3 Å². The van der Waals surface area contributed by atoms with E-state index < -0.39 is 6.23 Å². The van der Waals surface area contributed by atoms with Crippen molar-refractivity contribution in [1.82, 2.24) is 0 Å². The molecule has 1 aliphatic rings. The Morgan fingerprint density at radius 3 is 2.67 bits per heavy atom. The smallest absolute Gasteiger partial charge is 0.186 e. The Balaban J connectivity index is 2.32. The van der Waals surface area contributed by atoms with E-state index in [1.165, 1.54) is 11.2 Å². The summed E-state index contributed by atoms with van der Waals surface area (Å²) < 4.78 is 0. The number of nitrogens with two attached hydrogens (primary N) is 1. The first kappa shape index (κ1) is 10.0. The quantitative estimate of drug-likeness (QED) is 0.753. The van der Waals surface area contributed by atoms with Crippen LogP contribution in [0.2, 0.25) is 0 Å². The van der Waals surface area contributed by atoms with Crippen LogP contribution >= 0.6 is 11.6 Å². The molecule has 0 aromatic heterocycles. The standard InChI is InChI=1S/C10H10ClN3O/c11-9-8(12)6-13-14(10(9)15)7-4-2-1-3-5-7/h1-6,10,15H,12H2. The van der Waals surface area contributed by atoms with E-state index in [9.17, 15) is 5.11 Å². The molecule has 0 radical (unpaired) electrons. The number of aliphatic hydroxyl groups excluding tert-OH is 1. The summed E-state index contributed by atoms with van der Waals surface area (Å²) in [5, 5.41) is 15.4. The third kappa shape index (κ3) is 1.82. The van der Waals surface area contributed by atoms with Crippen molar-refractivity contribution in [3.63, 3.8) is 0 Å². The highest BCUT2D eigenvalue weighted by atomic mass is 35.5. The van der Waals surface area contributed by atoms with Gasteiger partial charge in [-0.15, -0.1) is 0 Å². The van der Waals surface area contributed by atoms with Gasteiger partial charge in [0.2, 0.25) is 0 Å². The second-order valence-electron chi connectivity index (χ2n) is 3.10. The third-order valence-electron chi connectivity index (χ3n) is 2.08. The molecule has 2 rings (SSSR count). The lowest BCUT2D eigenvalue weighted by molar-refractivity contribution is 0.211. The van der Waals surface area contributed by atoms with Gasteiger partial charge in [0.1, 0.15) is 0 Å². The van der Waals surface area contributed by atoms with Crippen molar-refractivity contribution < 1.29 is 5.11 Å². The molecule has 1 heterocycles. The highest BCUT2D eigenvalue weighted by molar-refractivity contribution is 6.32. The Kier molecular flexibility index (Phi) is 2.62. The molecule has 0 spiro atoms. The van der Waals surface area contributed by atoms with Gasteiger partial charge in [-0.3, -0.25) is 0 Å². The van der Waals surface area contributed by atoms with Crippen molar-refractivity contribution in [2.24, 2.45) is 10.8 Å². The van der Waals surface area contributed by atoms with Crippen molar-refractivity contribution in [2.45, 2.75) is 6.23 Å². The van der Waals surface area contributed by atoms with Gasteiger partial charge < -0.3 is 10.8 Å².